The van der Waals surface area contributed by atoms with E-state index in [0.29, 0.717) is 24.2 Å². The van der Waals surface area contributed by atoms with Gasteiger partial charge in [0.2, 0.25) is 6.29 Å². The highest BCUT2D eigenvalue weighted by molar-refractivity contribution is 5.93. The number of carbonyl (C=O) groups excluding carboxylic acids is 1. The van der Waals surface area contributed by atoms with Gasteiger partial charge in [0, 0.05) is 26.1 Å². The first-order valence-corrected chi connectivity index (χ1v) is 8.68. The van der Waals surface area contributed by atoms with Gasteiger partial charge in [0.1, 0.15) is 0 Å². The van der Waals surface area contributed by atoms with Crippen LogP contribution in [0.3, 0.4) is 0 Å². The molecule has 1 aliphatic carbocycles. The number of amides is 1. The minimum absolute atomic E-state index is 0.0201. The van der Waals surface area contributed by atoms with Gasteiger partial charge in [-0.25, -0.2) is 0 Å². The topological polar surface area (TPSA) is 58.8 Å². The van der Waals surface area contributed by atoms with Crippen LogP contribution in [0.4, 0.5) is 0 Å². The number of allylic oxidation sites excluding steroid dienone is 1. The number of ether oxygens (including phenoxy) is 2. The lowest BCUT2D eigenvalue weighted by Gasteiger charge is -2.32. The highest BCUT2D eigenvalue weighted by atomic mass is 16.7. The van der Waals surface area contributed by atoms with E-state index >= 15 is 0 Å². The van der Waals surface area contributed by atoms with Crippen molar-refractivity contribution in [2.45, 2.75) is 51.2 Å². The van der Waals surface area contributed by atoms with Crippen molar-refractivity contribution >= 4 is 5.91 Å². The van der Waals surface area contributed by atoms with Crippen LogP contribution in [0.15, 0.2) is 11.8 Å². The molecule has 124 valence electrons. The molecule has 3 aliphatic rings. The maximum Gasteiger partial charge on any atom is 0.288 e. The number of hydrogen-bond donors (Lipinski definition) is 1. The largest absolute Gasteiger partial charge is 0.459 e. The number of rotatable bonds is 7. The van der Waals surface area contributed by atoms with Crippen LogP contribution in [0.1, 0.15) is 44.9 Å². The highest BCUT2D eigenvalue weighted by Crippen LogP contribution is 2.38. The number of carbonyl (C=O) groups is 1. The Morgan fingerprint density at radius 3 is 2.77 bits per heavy atom. The predicted octanol–water partition coefficient (Wildman–Crippen LogP) is 2.05. The monoisotopic (exact) mass is 309 g/mol. The number of nitrogens with zero attached hydrogens (tertiary/aromatic N) is 1. The molecule has 0 aromatic carbocycles. The molecule has 5 nitrogen and oxygen atoms in total. The molecule has 0 aromatic rings. The maximum absolute atomic E-state index is 12.3. The summed E-state index contributed by atoms with van der Waals surface area (Å²) in [6.07, 6.45) is 9.27. The van der Waals surface area contributed by atoms with Gasteiger partial charge in [0.25, 0.3) is 5.91 Å². The van der Waals surface area contributed by atoms with Gasteiger partial charge >= 0.3 is 0 Å². The second-order valence-electron chi connectivity index (χ2n) is 6.62. The van der Waals surface area contributed by atoms with Gasteiger partial charge in [-0.05, 0) is 43.6 Å². The van der Waals surface area contributed by atoms with Crippen molar-refractivity contribution in [2.24, 2.45) is 11.8 Å². The van der Waals surface area contributed by atoms with E-state index in [9.17, 15) is 4.79 Å². The highest BCUT2D eigenvalue weighted by Gasteiger charge is 2.36. The summed E-state index contributed by atoms with van der Waals surface area (Å²) in [6.45, 7) is 2.46. The van der Waals surface area contributed by atoms with Crippen molar-refractivity contribution in [3.8, 4) is 0 Å². The van der Waals surface area contributed by atoms with Gasteiger partial charge in [-0.3, -0.25) is 4.79 Å². The van der Waals surface area contributed by atoms with Gasteiger partial charge in [0.15, 0.2) is 5.76 Å². The molecule has 0 aromatic heterocycles. The van der Waals surface area contributed by atoms with E-state index in [1.54, 1.807) is 4.90 Å². The van der Waals surface area contributed by atoms with E-state index in [-0.39, 0.29) is 18.8 Å². The summed E-state index contributed by atoms with van der Waals surface area (Å²) < 4.78 is 11.6. The van der Waals surface area contributed by atoms with Crippen LogP contribution >= 0.6 is 0 Å². The van der Waals surface area contributed by atoms with Crippen LogP contribution in [0.25, 0.3) is 0 Å². The fourth-order valence-corrected chi connectivity index (χ4v) is 3.49. The van der Waals surface area contributed by atoms with E-state index in [1.165, 1.54) is 25.7 Å². The summed E-state index contributed by atoms with van der Waals surface area (Å²) in [5.41, 5.74) is 0. The van der Waals surface area contributed by atoms with E-state index in [2.05, 4.69) is 6.08 Å². The average molecular weight is 309 g/mol. The van der Waals surface area contributed by atoms with Crippen molar-refractivity contribution < 1.29 is 19.4 Å². The van der Waals surface area contributed by atoms with Crippen LogP contribution in [0.5, 0.6) is 0 Å². The summed E-state index contributed by atoms with van der Waals surface area (Å²) in [5, 5.41) is 8.83. The zero-order valence-corrected chi connectivity index (χ0v) is 13.2. The van der Waals surface area contributed by atoms with Crippen LogP contribution in [0, 0.1) is 11.8 Å². The first kappa shape index (κ1) is 15.8. The first-order chi connectivity index (χ1) is 10.8. The Morgan fingerprint density at radius 2 is 2.09 bits per heavy atom. The third kappa shape index (κ3) is 4.02. The van der Waals surface area contributed by atoms with Crippen LogP contribution in [0.2, 0.25) is 0 Å². The van der Waals surface area contributed by atoms with Crippen molar-refractivity contribution in [1.29, 1.82) is 0 Å². The predicted molar refractivity (Wildman–Crippen MR) is 81.9 cm³/mol. The number of aliphatic hydroxyl groups is 1. The second kappa shape index (κ2) is 7.47. The Balaban J connectivity index is 1.60. The van der Waals surface area contributed by atoms with Crippen molar-refractivity contribution in [1.82, 2.24) is 4.90 Å². The first-order valence-electron chi connectivity index (χ1n) is 8.68. The fraction of sp³-hybridized carbons (Fsp3) is 0.824. The molecule has 0 bridgehead atoms. The number of hydrogen-bond acceptors (Lipinski definition) is 4. The molecule has 3 rings (SSSR count). The van der Waals surface area contributed by atoms with Crippen LogP contribution in [-0.2, 0) is 14.3 Å². The Bertz CT molecular complexity index is 413. The Labute approximate surface area is 132 Å². The molecular weight excluding hydrogens is 282 g/mol. The summed E-state index contributed by atoms with van der Waals surface area (Å²) in [6, 6.07) is 0. The lowest BCUT2D eigenvalue weighted by atomic mass is 9.86. The molecule has 1 amide bonds. The molecule has 22 heavy (non-hydrogen) atoms. The Kier molecular flexibility index (Phi) is 5.37. The van der Waals surface area contributed by atoms with Gasteiger partial charge < -0.3 is 19.5 Å². The van der Waals surface area contributed by atoms with E-state index < -0.39 is 0 Å². The van der Waals surface area contributed by atoms with E-state index in [4.69, 9.17) is 14.6 Å². The van der Waals surface area contributed by atoms with Crippen LogP contribution < -0.4 is 0 Å². The molecular formula is C17H27NO4. The molecule has 0 spiro atoms. The normalized spacial score (nSPS) is 28.4. The molecule has 0 unspecified atom stereocenters. The maximum atomic E-state index is 12.3. The molecule has 2 fully saturated rings. The lowest BCUT2D eigenvalue weighted by molar-refractivity contribution is -0.153. The van der Waals surface area contributed by atoms with Crippen molar-refractivity contribution in [3.05, 3.63) is 11.8 Å². The van der Waals surface area contributed by atoms with Gasteiger partial charge in [-0.2, -0.15) is 0 Å². The minimum Gasteiger partial charge on any atom is -0.459 e. The molecule has 2 heterocycles. The summed E-state index contributed by atoms with van der Waals surface area (Å²) in [5.74, 6) is 1.59. The van der Waals surface area contributed by atoms with Crippen molar-refractivity contribution in [3.63, 3.8) is 0 Å². The standard InChI is InChI=1S/C17H27NO4/c19-9-3-4-10-21-16-12-14(13-5-1-2-6-13)11-15(22-16)17(20)18-7-8-18/h11,13-14,16,19H,1-10,12H2/t14-,16+/m1/s1. The van der Waals surface area contributed by atoms with Crippen LogP contribution in [-0.4, -0.2) is 48.5 Å². The molecule has 5 heteroatoms. The number of aliphatic hydroxyl groups excluding tert-OH is 1. The molecule has 1 saturated heterocycles. The lowest BCUT2D eigenvalue weighted by Crippen LogP contribution is -2.32. The number of unbranched alkanes of at least 4 members (excludes halogenated alkanes) is 1. The van der Waals surface area contributed by atoms with Gasteiger partial charge in [-0.15, -0.1) is 0 Å². The molecule has 1 saturated carbocycles. The van der Waals surface area contributed by atoms with Gasteiger partial charge in [-0.1, -0.05) is 12.8 Å². The second-order valence-corrected chi connectivity index (χ2v) is 6.62. The zero-order chi connectivity index (χ0) is 15.4. The smallest absolute Gasteiger partial charge is 0.288 e. The SMILES string of the molecule is O=C(C1=C[C@@H](C2CCCC2)C[C@@H](OCCCCO)O1)N1CC1. The van der Waals surface area contributed by atoms with Gasteiger partial charge in [0.05, 0.1) is 6.61 Å². The Morgan fingerprint density at radius 1 is 1.32 bits per heavy atom. The third-order valence-corrected chi connectivity index (χ3v) is 4.90. The summed E-state index contributed by atoms with van der Waals surface area (Å²) in [4.78, 5) is 14.1. The molecule has 2 aliphatic heterocycles. The molecule has 0 radical (unpaired) electrons. The summed E-state index contributed by atoms with van der Waals surface area (Å²) >= 11 is 0. The Hall–Kier alpha value is -1.07. The zero-order valence-electron chi connectivity index (χ0n) is 13.2. The average Bonchev–Trinajstić information content (AvgIpc) is 3.24. The third-order valence-electron chi connectivity index (χ3n) is 4.90. The molecule has 2 atom stereocenters. The minimum atomic E-state index is -0.312. The van der Waals surface area contributed by atoms with E-state index in [0.717, 1.165) is 32.4 Å². The molecule has 1 N–H and O–H groups in total. The summed E-state index contributed by atoms with van der Waals surface area (Å²) in [7, 11) is 0. The van der Waals surface area contributed by atoms with E-state index in [1.807, 2.05) is 0 Å². The quantitative estimate of drug-likeness (QED) is 0.578. The van der Waals surface area contributed by atoms with Crippen molar-refractivity contribution in [2.75, 3.05) is 26.3 Å². The fourth-order valence-electron chi connectivity index (χ4n) is 3.49.